The highest BCUT2D eigenvalue weighted by molar-refractivity contribution is 5.73. The molecule has 2 aliphatic heterocycles. The third kappa shape index (κ3) is 4.51. The molecule has 2 aromatic rings. The van der Waals surface area contributed by atoms with Crippen molar-refractivity contribution in [1.82, 2.24) is 9.97 Å². The van der Waals surface area contributed by atoms with Gasteiger partial charge in [-0.25, -0.2) is 0 Å². The van der Waals surface area contributed by atoms with Crippen LogP contribution in [0.4, 0.5) is 0 Å². The number of hydrogen-bond donors (Lipinski definition) is 0. The largest absolute Gasteiger partial charge is 0.365 e. The highest BCUT2D eigenvalue weighted by atomic mass is 16.6. The quantitative estimate of drug-likeness (QED) is 0.289. The molecule has 0 radical (unpaired) electrons. The van der Waals surface area contributed by atoms with Crippen LogP contribution in [0.25, 0.3) is 11.1 Å². The lowest BCUT2D eigenvalue weighted by Gasteiger charge is -2.59. The maximum absolute atomic E-state index is 6.60. The van der Waals surface area contributed by atoms with Crippen LogP contribution in [0.2, 0.25) is 0 Å². The van der Waals surface area contributed by atoms with Crippen LogP contribution in [-0.4, -0.2) is 33.4 Å². The van der Waals surface area contributed by atoms with Gasteiger partial charge < -0.3 is 9.47 Å². The number of pyridine rings is 2. The number of rotatable bonds is 2. The first-order chi connectivity index (χ1) is 26.0. The molecule has 0 bridgehead atoms. The normalized spacial score (nSPS) is 52.9. The van der Waals surface area contributed by atoms with Gasteiger partial charge in [-0.15, -0.1) is 0 Å². The second kappa shape index (κ2) is 11.6. The molecule has 54 heavy (non-hydrogen) atoms. The van der Waals surface area contributed by atoms with Gasteiger partial charge in [-0.2, -0.15) is 0 Å². The van der Waals surface area contributed by atoms with E-state index in [0.29, 0.717) is 33.9 Å². The highest BCUT2D eigenvalue weighted by Gasteiger charge is 2.77. The van der Waals surface area contributed by atoms with Gasteiger partial charge in [0.25, 0.3) is 0 Å². The van der Waals surface area contributed by atoms with Crippen LogP contribution < -0.4 is 0 Å². The molecule has 2 spiro atoms. The molecule has 2 saturated heterocycles. The number of aromatic nitrogens is 2. The van der Waals surface area contributed by atoms with Gasteiger partial charge in [0, 0.05) is 35.6 Å². The molecule has 2 aromatic heterocycles. The molecule has 4 nitrogen and oxygen atoms in total. The maximum atomic E-state index is 6.60. The smallest absolute Gasteiger partial charge is 0.101 e. The van der Waals surface area contributed by atoms with Crippen molar-refractivity contribution < 1.29 is 9.47 Å². The fourth-order valence-corrected chi connectivity index (χ4v) is 16.9. The Bertz CT molecular complexity index is 1740. The Morgan fingerprint density at radius 2 is 1.02 bits per heavy atom. The molecule has 12 rings (SSSR count). The summed E-state index contributed by atoms with van der Waals surface area (Å²) in [6.07, 6.45) is 33.0. The van der Waals surface area contributed by atoms with Crippen molar-refractivity contribution in [3.63, 3.8) is 0 Å². The van der Waals surface area contributed by atoms with E-state index in [1.165, 1.54) is 101 Å². The fourth-order valence-electron chi connectivity index (χ4n) is 16.9. The van der Waals surface area contributed by atoms with E-state index in [9.17, 15) is 0 Å². The van der Waals surface area contributed by atoms with E-state index in [4.69, 9.17) is 9.47 Å². The van der Waals surface area contributed by atoms with Crippen molar-refractivity contribution in [2.45, 2.75) is 155 Å². The van der Waals surface area contributed by atoms with Crippen LogP contribution in [0.1, 0.15) is 143 Å². The lowest BCUT2D eigenvalue weighted by atomic mass is 9.44. The van der Waals surface area contributed by atoms with Crippen molar-refractivity contribution in [2.24, 2.45) is 69.0 Å². The van der Waals surface area contributed by atoms with E-state index >= 15 is 0 Å². The Morgan fingerprint density at radius 3 is 1.43 bits per heavy atom. The molecule has 4 heterocycles. The zero-order chi connectivity index (χ0) is 36.9. The van der Waals surface area contributed by atoms with Crippen LogP contribution in [-0.2, 0) is 9.47 Å². The number of fused-ring (bicyclic) bond motifs is 8. The first-order valence-corrected chi connectivity index (χ1v) is 22.5. The number of nitrogens with zero attached hydrogens (tertiary/aromatic N) is 2. The third-order valence-electron chi connectivity index (χ3n) is 19.8. The van der Waals surface area contributed by atoms with E-state index in [-0.39, 0.29) is 11.2 Å². The fraction of sp³-hybridized carbons (Fsp3) is 0.720. The Labute approximate surface area is 325 Å². The van der Waals surface area contributed by atoms with Gasteiger partial charge >= 0.3 is 0 Å². The first-order valence-electron chi connectivity index (χ1n) is 22.5. The summed E-state index contributed by atoms with van der Waals surface area (Å²) in [4.78, 5) is 8.82. The van der Waals surface area contributed by atoms with Crippen LogP contribution in [0.15, 0.2) is 61.2 Å². The van der Waals surface area contributed by atoms with Crippen molar-refractivity contribution in [1.29, 1.82) is 0 Å². The van der Waals surface area contributed by atoms with Crippen molar-refractivity contribution in [3.05, 3.63) is 72.3 Å². The van der Waals surface area contributed by atoms with Crippen LogP contribution in [0, 0.1) is 69.0 Å². The van der Waals surface area contributed by atoms with Gasteiger partial charge in [0.1, 0.15) is 11.2 Å². The number of allylic oxidation sites excluding steroid dienone is 4. The average molecular weight is 727 g/mol. The van der Waals surface area contributed by atoms with Gasteiger partial charge in [0.05, 0.1) is 12.2 Å². The number of epoxide rings is 2. The number of hydrogen-bond acceptors (Lipinski definition) is 4. The SMILES string of the molecule is C[C@H]1CC[C@]2(C)[C@H]3CC[C@]4(C)C(c5cccnc5)=CC[C@H]4[C@@H]3CC3O[C@@]32C1.C[C@H]1CC[C@]2(C)[C@H]3CC[C@]4(C)C(c5cccnc5)=CC[C@H]4[C@@H]3CC3O[C@]32C1. The highest BCUT2D eigenvalue weighted by Crippen LogP contribution is 2.76. The molecule has 8 aliphatic carbocycles. The van der Waals surface area contributed by atoms with Crippen LogP contribution in [0.5, 0.6) is 0 Å². The Balaban J connectivity index is 0.000000126. The predicted molar refractivity (Wildman–Crippen MR) is 216 cm³/mol. The minimum Gasteiger partial charge on any atom is -0.365 e. The zero-order valence-electron chi connectivity index (χ0n) is 34.2. The molecule has 4 heteroatoms. The molecule has 8 fully saturated rings. The van der Waals surface area contributed by atoms with Crippen molar-refractivity contribution in [2.75, 3.05) is 0 Å². The van der Waals surface area contributed by atoms with Crippen LogP contribution in [0.3, 0.4) is 0 Å². The lowest BCUT2D eigenvalue weighted by Crippen LogP contribution is -2.57. The Kier molecular flexibility index (Phi) is 7.53. The molecule has 0 aromatic carbocycles. The minimum absolute atomic E-state index is 0.248. The topological polar surface area (TPSA) is 50.8 Å². The molecule has 0 amide bonds. The van der Waals surface area contributed by atoms with Crippen molar-refractivity contribution in [3.8, 4) is 0 Å². The monoisotopic (exact) mass is 727 g/mol. The second-order valence-corrected chi connectivity index (χ2v) is 21.9. The van der Waals surface area contributed by atoms with Gasteiger partial charge in [-0.1, -0.05) is 65.8 Å². The van der Waals surface area contributed by atoms with Gasteiger partial charge in [-0.3, -0.25) is 9.97 Å². The molecule has 0 N–H and O–H groups in total. The summed E-state index contributed by atoms with van der Waals surface area (Å²) in [6.45, 7) is 15.2. The Hall–Kier alpha value is -2.30. The van der Waals surface area contributed by atoms with Gasteiger partial charge in [-0.05, 0) is 182 Å². The van der Waals surface area contributed by atoms with Crippen LogP contribution >= 0.6 is 0 Å². The lowest BCUT2D eigenvalue weighted by molar-refractivity contribution is -0.0882. The van der Waals surface area contributed by atoms with Crippen molar-refractivity contribution >= 4 is 11.1 Å². The van der Waals surface area contributed by atoms with E-state index in [0.717, 1.165) is 47.3 Å². The molecule has 2 unspecified atom stereocenters. The summed E-state index contributed by atoms with van der Waals surface area (Å²) in [5, 5.41) is 0. The zero-order valence-corrected chi connectivity index (χ0v) is 34.2. The first kappa shape index (κ1) is 34.9. The summed E-state index contributed by atoms with van der Waals surface area (Å²) >= 11 is 0. The standard InChI is InChI=1S/2C25H33NO/c2*1-16-8-11-24(3)21-9-10-23(2)19(17-5-4-12-26-15-17)6-7-20(23)18(21)13-22-25(24,14-16)27-22/h2*4-6,12,15-16,18,20-22H,7-11,13-14H2,1-3H3/t16-,18-,20-,21-,22?,23+,24+,25+;16-,18-,20-,21-,22?,23+,24+,25-/m00/s1. The summed E-state index contributed by atoms with van der Waals surface area (Å²) in [5.41, 5.74) is 7.87. The molecule has 16 atom stereocenters. The molecule has 6 saturated carbocycles. The minimum atomic E-state index is 0.248. The van der Waals surface area contributed by atoms with Gasteiger partial charge in [0.15, 0.2) is 0 Å². The Morgan fingerprint density at radius 1 is 0.574 bits per heavy atom. The van der Waals surface area contributed by atoms with E-state index in [1.54, 1.807) is 11.1 Å². The maximum Gasteiger partial charge on any atom is 0.101 e. The summed E-state index contributed by atoms with van der Waals surface area (Å²) in [6, 6.07) is 8.71. The molecular weight excluding hydrogens is 661 g/mol. The summed E-state index contributed by atoms with van der Waals surface area (Å²) < 4.78 is 13.2. The van der Waals surface area contributed by atoms with Gasteiger partial charge in [0.2, 0.25) is 0 Å². The second-order valence-electron chi connectivity index (χ2n) is 21.9. The van der Waals surface area contributed by atoms with E-state index in [1.807, 2.05) is 12.4 Å². The number of ether oxygens (including phenoxy) is 2. The average Bonchev–Trinajstić information content (AvgIpc) is 3.97. The molecule has 10 aliphatic rings. The summed E-state index contributed by atoms with van der Waals surface area (Å²) in [5.74, 6) is 6.70. The third-order valence-corrected chi connectivity index (χ3v) is 19.8. The molecular formula is C50H66N2O2. The molecule has 288 valence electrons. The predicted octanol–water partition coefficient (Wildman–Crippen LogP) is 11.8. The van der Waals surface area contributed by atoms with E-state index in [2.05, 4.69) is 100 Å². The summed E-state index contributed by atoms with van der Waals surface area (Å²) in [7, 11) is 0. The van der Waals surface area contributed by atoms with E-state index < -0.39 is 0 Å².